The van der Waals surface area contributed by atoms with Crippen LogP contribution in [0, 0.1) is 5.92 Å². The van der Waals surface area contributed by atoms with Gasteiger partial charge >= 0.3 is 0 Å². The second-order valence-electron chi connectivity index (χ2n) is 5.05. The number of nitrogens with two attached hydrogens (primary N) is 1. The highest BCUT2D eigenvalue weighted by Gasteiger charge is 2.43. The van der Waals surface area contributed by atoms with Crippen molar-refractivity contribution in [1.82, 2.24) is 4.72 Å². The van der Waals surface area contributed by atoms with Crippen molar-refractivity contribution in [2.75, 3.05) is 6.54 Å². The Kier molecular flexibility index (Phi) is 5.92. The van der Waals surface area contributed by atoms with Gasteiger partial charge < -0.3 is 5.73 Å². The van der Waals surface area contributed by atoms with Gasteiger partial charge in [0.15, 0.2) is 0 Å². The van der Waals surface area contributed by atoms with Crippen LogP contribution in [0.15, 0.2) is 27.6 Å². The highest BCUT2D eigenvalue weighted by Crippen LogP contribution is 2.40. The lowest BCUT2D eigenvalue weighted by molar-refractivity contribution is 0.374. The molecule has 8 heteroatoms. The van der Waals surface area contributed by atoms with Gasteiger partial charge in [-0.2, -0.15) is 0 Å². The predicted molar refractivity (Wildman–Crippen MR) is 86.9 cm³/mol. The van der Waals surface area contributed by atoms with Crippen molar-refractivity contribution in [3.63, 3.8) is 0 Å². The summed E-state index contributed by atoms with van der Waals surface area (Å²) in [5.41, 5.74) is 5.12. The first-order valence-corrected chi connectivity index (χ1v) is 8.63. The van der Waals surface area contributed by atoms with Crippen LogP contribution in [0.25, 0.3) is 0 Å². The molecule has 0 aliphatic heterocycles. The quantitative estimate of drug-likeness (QED) is 0.793. The lowest BCUT2D eigenvalue weighted by Crippen LogP contribution is -2.53. The molecule has 20 heavy (non-hydrogen) atoms. The molecule has 1 atom stereocenters. The fourth-order valence-corrected chi connectivity index (χ4v) is 5.32. The molecule has 114 valence electrons. The molecular formula is C12H17BrCl2N2O2S. The van der Waals surface area contributed by atoms with Crippen LogP contribution in [-0.2, 0) is 10.0 Å². The van der Waals surface area contributed by atoms with Gasteiger partial charge in [0.2, 0.25) is 10.0 Å². The molecule has 1 aliphatic rings. The van der Waals surface area contributed by atoms with E-state index in [0.29, 0.717) is 10.4 Å². The number of hydrogen-bond acceptors (Lipinski definition) is 3. The summed E-state index contributed by atoms with van der Waals surface area (Å²) in [6, 6.07) is 4.89. The molecule has 4 nitrogen and oxygen atoms in total. The summed E-state index contributed by atoms with van der Waals surface area (Å²) < 4.78 is 28.2. The SMILES string of the molecule is CC(CN)(NS(=O)(=O)c1c(Cl)cccc1Br)C1CC1.Cl. The van der Waals surface area contributed by atoms with E-state index in [1.807, 2.05) is 6.92 Å². The van der Waals surface area contributed by atoms with Gasteiger partial charge in [0.25, 0.3) is 0 Å². The first-order valence-electron chi connectivity index (χ1n) is 5.98. The Morgan fingerprint density at radius 2 is 2.10 bits per heavy atom. The smallest absolute Gasteiger partial charge is 0.243 e. The fourth-order valence-electron chi connectivity index (χ4n) is 2.11. The summed E-state index contributed by atoms with van der Waals surface area (Å²) >= 11 is 9.23. The largest absolute Gasteiger partial charge is 0.329 e. The van der Waals surface area contributed by atoms with Gasteiger partial charge in [-0.05, 0) is 53.7 Å². The van der Waals surface area contributed by atoms with Gasteiger partial charge in [-0.3, -0.25) is 0 Å². The minimum absolute atomic E-state index is 0. The van der Waals surface area contributed by atoms with E-state index < -0.39 is 15.6 Å². The lowest BCUT2D eigenvalue weighted by Gasteiger charge is -2.29. The Bertz CT molecular complexity index is 573. The Morgan fingerprint density at radius 1 is 1.50 bits per heavy atom. The second kappa shape index (κ2) is 6.50. The third-order valence-corrected chi connectivity index (χ3v) is 6.52. The lowest BCUT2D eigenvalue weighted by atomic mass is 9.98. The molecule has 0 aromatic heterocycles. The molecule has 2 rings (SSSR count). The van der Waals surface area contributed by atoms with Crippen molar-refractivity contribution in [3.05, 3.63) is 27.7 Å². The van der Waals surface area contributed by atoms with Crippen molar-refractivity contribution >= 4 is 50.0 Å². The van der Waals surface area contributed by atoms with Gasteiger partial charge in [0, 0.05) is 16.6 Å². The summed E-state index contributed by atoms with van der Waals surface area (Å²) in [6.45, 7) is 2.10. The Balaban J connectivity index is 0.00000200. The van der Waals surface area contributed by atoms with E-state index in [2.05, 4.69) is 20.7 Å². The van der Waals surface area contributed by atoms with Crippen LogP contribution in [0.3, 0.4) is 0 Å². The van der Waals surface area contributed by atoms with Crippen molar-refractivity contribution in [2.24, 2.45) is 11.7 Å². The maximum Gasteiger partial charge on any atom is 0.243 e. The molecule has 1 aromatic rings. The van der Waals surface area contributed by atoms with Gasteiger partial charge in [-0.15, -0.1) is 12.4 Å². The van der Waals surface area contributed by atoms with Crippen molar-refractivity contribution in [1.29, 1.82) is 0 Å². The topological polar surface area (TPSA) is 72.2 Å². The van der Waals surface area contributed by atoms with E-state index in [4.69, 9.17) is 17.3 Å². The fraction of sp³-hybridized carbons (Fsp3) is 0.500. The highest BCUT2D eigenvalue weighted by atomic mass is 79.9. The molecule has 0 radical (unpaired) electrons. The number of hydrogen-bond donors (Lipinski definition) is 2. The minimum atomic E-state index is -3.71. The van der Waals surface area contributed by atoms with E-state index in [0.717, 1.165) is 12.8 Å². The van der Waals surface area contributed by atoms with Crippen LogP contribution < -0.4 is 10.5 Å². The number of halogens is 3. The molecule has 3 N–H and O–H groups in total. The number of rotatable bonds is 5. The molecule has 1 saturated carbocycles. The monoisotopic (exact) mass is 402 g/mol. The minimum Gasteiger partial charge on any atom is -0.329 e. The predicted octanol–water partition coefficient (Wildman–Crippen LogP) is 2.93. The normalized spacial score (nSPS) is 18.2. The van der Waals surface area contributed by atoms with Crippen molar-refractivity contribution in [2.45, 2.75) is 30.2 Å². The standard InChI is InChI=1S/C12H16BrClN2O2S.ClH/c1-12(7-15,8-5-6-8)16-19(17,18)11-9(13)3-2-4-10(11)14;/h2-4,8,16H,5-7,15H2,1H3;1H. The zero-order valence-electron chi connectivity index (χ0n) is 10.9. The molecule has 0 bridgehead atoms. The average Bonchev–Trinajstić information content (AvgIpc) is 3.11. The van der Waals surface area contributed by atoms with Gasteiger partial charge in [-0.25, -0.2) is 13.1 Å². The van der Waals surface area contributed by atoms with Gasteiger partial charge in [0.1, 0.15) is 4.90 Å². The molecule has 0 spiro atoms. The Hall–Kier alpha value is 0.150. The summed E-state index contributed by atoms with van der Waals surface area (Å²) in [7, 11) is -3.71. The van der Waals surface area contributed by atoms with Crippen LogP contribution in [0.1, 0.15) is 19.8 Å². The first-order chi connectivity index (χ1) is 8.80. The molecule has 0 heterocycles. The van der Waals surface area contributed by atoms with Crippen molar-refractivity contribution in [3.8, 4) is 0 Å². The molecule has 1 aromatic carbocycles. The van der Waals surface area contributed by atoms with Crippen LogP contribution in [0.5, 0.6) is 0 Å². The third-order valence-electron chi connectivity index (χ3n) is 3.46. The molecule has 1 fully saturated rings. The first kappa shape index (κ1) is 18.2. The molecule has 0 amide bonds. The molecular weight excluding hydrogens is 387 g/mol. The number of nitrogens with one attached hydrogen (secondary N) is 1. The highest BCUT2D eigenvalue weighted by molar-refractivity contribution is 9.10. The van der Waals surface area contributed by atoms with Crippen LogP contribution >= 0.6 is 39.9 Å². The maximum absolute atomic E-state index is 12.5. The Morgan fingerprint density at radius 3 is 2.55 bits per heavy atom. The summed E-state index contributed by atoms with van der Waals surface area (Å²) in [5, 5.41) is 0.192. The van der Waals surface area contributed by atoms with Crippen LogP contribution in [-0.4, -0.2) is 20.5 Å². The third kappa shape index (κ3) is 3.67. The van der Waals surface area contributed by atoms with E-state index in [9.17, 15) is 8.42 Å². The zero-order valence-corrected chi connectivity index (χ0v) is 14.9. The van der Waals surface area contributed by atoms with E-state index in [1.54, 1.807) is 18.2 Å². The Labute approximate surface area is 139 Å². The summed E-state index contributed by atoms with van der Waals surface area (Å²) in [5.74, 6) is 0.300. The average molecular weight is 404 g/mol. The zero-order chi connectivity index (χ0) is 14.3. The second-order valence-corrected chi connectivity index (χ2v) is 7.93. The maximum atomic E-state index is 12.5. The van der Waals surface area contributed by atoms with Gasteiger partial charge in [0.05, 0.1) is 5.02 Å². The molecule has 0 saturated heterocycles. The van der Waals surface area contributed by atoms with E-state index in [-0.39, 0.29) is 28.9 Å². The summed E-state index contributed by atoms with van der Waals surface area (Å²) in [6.07, 6.45) is 2.00. The van der Waals surface area contributed by atoms with E-state index >= 15 is 0 Å². The van der Waals surface area contributed by atoms with Crippen LogP contribution in [0.4, 0.5) is 0 Å². The van der Waals surface area contributed by atoms with E-state index in [1.165, 1.54) is 0 Å². The number of sulfonamides is 1. The van der Waals surface area contributed by atoms with Crippen LogP contribution in [0.2, 0.25) is 5.02 Å². The summed E-state index contributed by atoms with van der Waals surface area (Å²) in [4.78, 5) is 0.0667. The molecule has 1 aliphatic carbocycles. The van der Waals surface area contributed by atoms with Crippen molar-refractivity contribution < 1.29 is 8.42 Å². The number of benzene rings is 1. The molecule has 1 unspecified atom stereocenters. The van der Waals surface area contributed by atoms with Gasteiger partial charge in [-0.1, -0.05) is 17.7 Å².